The van der Waals surface area contributed by atoms with Crippen LogP contribution in [0.4, 0.5) is 10.1 Å². The largest absolute Gasteiger partial charge is 0.465 e. The van der Waals surface area contributed by atoms with Crippen LogP contribution in [0.1, 0.15) is 15.9 Å². The molecule has 2 N–H and O–H groups in total. The molecule has 0 bridgehead atoms. The zero-order chi connectivity index (χ0) is 20.5. The molecule has 0 heterocycles. The van der Waals surface area contributed by atoms with Crippen molar-refractivity contribution < 1.29 is 23.5 Å². The van der Waals surface area contributed by atoms with Crippen LogP contribution in [0.5, 0.6) is 0 Å². The van der Waals surface area contributed by atoms with Crippen LogP contribution in [0.25, 0.3) is 0 Å². The average molecular weight is 387 g/mol. The van der Waals surface area contributed by atoms with Crippen molar-refractivity contribution in [2.24, 2.45) is 0 Å². The fourth-order valence-corrected chi connectivity index (χ4v) is 2.41. The normalized spacial score (nSPS) is 10.4. The van der Waals surface area contributed by atoms with E-state index < -0.39 is 5.97 Å². The van der Waals surface area contributed by atoms with Crippen LogP contribution in [-0.2, 0) is 20.9 Å². The fourth-order valence-electron chi connectivity index (χ4n) is 2.41. The van der Waals surface area contributed by atoms with Gasteiger partial charge in [-0.05, 0) is 49.0 Å². The molecule has 0 aliphatic rings. The third-order valence-electron chi connectivity index (χ3n) is 3.82. The first-order chi connectivity index (χ1) is 13.4. The summed E-state index contributed by atoms with van der Waals surface area (Å²) in [5.41, 5.74) is 1.75. The molecule has 7 nitrogen and oxygen atoms in total. The van der Waals surface area contributed by atoms with Crippen molar-refractivity contribution in [2.75, 3.05) is 32.6 Å². The minimum absolute atomic E-state index is 0.0125. The lowest BCUT2D eigenvalue weighted by Gasteiger charge is -2.16. The number of methoxy groups -OCH3 is 1. The summed E-state index contributed by atoms with van der Waals surface area (Å²) in [4.78, 5) is 36.9. The molecule has 0 aliphatic carbocycles. The molecular formula is C20H22FN3O4. The fraction of sp³-hybridized carbons (Fsp3) is 0.250. The molecule has 0 radical (unpaired) electrons. The number of carbonyl (C=O) groups is 3. The minimum Gasteiger partial charge on any atom is -0.465 e. The van der Waals surface area contributed by atoms with E-state index in [0.717, 1.165) is 5.56 Å². The molecule has 0 aliphatic heterocycles. The second-order valence-corrected chi connectivity index (χ2v) is 6.19. The van der Waals surface area contributed by atoms with E-state index in [9.17, 15) is 18.8 Å². The molecule has 0 saturated heterocycles. The maximum atomic E-state index is 12.9. The van der Waals surface area contributed by atoms with Crippen LogP contribution in [0.15, 0.2) is 48.5 Å². The van der Waals surface area contributed by atoms with Crippen molar-refractivity contribution in [3.63, 3.8) is 0 Å². The number of anilines is 1. The highest BCUT2D eigenvalue weighted by Crippen LogP contribution is 2.08. The number of rotatable bonds is 8. The van der Waals surface area contributed by atoms with Gasteiger partial charge in [0.1, 0.15) is 5.82 Å². The van der Waals surface area contributed by atoms with E-state index in [-0.39, 0.29) is 30.7 Å². The standard InChI is InChI=1S/C20H22FN3O4/c1-24(13-19(26)23-17-9-7-16(21)8-10-17)12-18(25)22-11-14-3-5-15(6-4-14)20(27)28-2/h3-10H,11-13H2,1-2H3,(H,22,25)(H,23,26). The van der Waals surface area contributed by atoms with Gasteiger partial charge < -0.3 is 15.4 Å². The van der Waals surface area contributed by atoms with E-state index >= 15 is 0 Å². The second-order valence-electron chi connectivity index (χ2n) is 6.19. The Bertz CT molecular complexity index is 822. The van der Waals surface area contributed by atoms with Crippen LogP contribution in [0, 0.1) is 5.82 Å². The van der Waals surface area contributed by atoms with E-state index in [1.54, 1.807) is 36.2 Å². The molecule has 0 atom stereocenters. The number of carbonyl (C=O) groups excluding carboxylic acids is 3. The summed E-state index contributed by atoms with van der Waals surface area (Å²) in [6, 6.07) is 12.1. The molecule has 0 unspecified atom stereocenters. The summed E-state index contributed by atoms with van der Waals surface area (Å²) in [6.07, 6.45) is 0. The zero-order valence-corrected chi connectivity index (χ0v) is 15.7. The second kappa shape index (κ2) is 10.2. The molecule has 2 amide bonds. The van der Waals surface area contributed by atoms with Gasteiger partial charge in [-0.2, -0.15) is 0 Å². The molecule has 0 fully saturated rings. The van der Waals surface area contributed by atoms with Gasteiger partial charge in [-0.25, -0.2) is 9.18 Å². The Balaban J connectivity index is 1.73. The van der Waals surface area contributed by atoms with Gasteiger partial charge in [0, 0.05) is 12.2 Å². The summed E-state index contributed by atoms with van der Waals surface area (Å²) in [5.74, 6) is -1.35. The molecular weight excluding hydrogens is 365 g/mol. The topological polar surface area (TPSA) is 87.7 Å². The summed E-state index contributed by atoms with van der Waals surface area (Å²) in [5, 5.41) is 5.39. The highest BCUT2D eigenvalue weighted by atomic mass is 19.1. The molecule has 2 aromatic carbocycles. The van der Waals surface area contributed by atoms with Crippen LogP contribution in [0.3, 0.4) is 0 Å². The van der Waals surface area contributed by atoms with Crippen LogP contribution >= 0.6 is 0 Å². The van der Waals surface area contributed by atoms with Crippen molar-refractivity contribution in [1.29, 1.82) is 0 Å². The molecule has 0 spiro atoms. The third-order valence-corrected chi connectivity index (χ3v) is 3.82. The van der Waals surface area contributed by atoms with E-state index in [2.05, 4.69) is 15.4 Å². The Morgan fingerprint density at radius 1 is 0.964 bits per heavy atom. The smallest absolute Gasteiger partial charge is 0.337 e. The van der Waals surface area contributed by atoms with E-state index in [0.29, 0.717) is 17.8 Å². The first-order valence-electron chi connectivity index (χ1n) is 8.55. The van der Waals surface area contributed by atoms with Gasteiger partial charge >= 0.3 is 5.97 Å². The van der Waals surface area contributed by atoms with Crippen molar-refractivity contribution in [1.82, 2.24) is 10.2 Å². The first-order valence-corrected chi connectivity index (χ1v) is 8.55. The van der Waals surface area contributed by atoms with E-state index in [1.165, 1.54) is 31.4 Å². The van der Waals surface area contributed by atoms with Gasteiger partial charge in [0.25, 0.3) is 0 Å². The summed E-state index contributed by atoms with van der Waals surface area (Å²) >= 11 is 0. The summed E-state index contributed by atoms with van der Waals surface area (Å²) in [6.45, 7) is 0.353. The average Bonchev–Trinajstić information content (AvgIpc) is 2.67. The number of nitrogens with one attached hydrogen (secondary N) is 2. The highest BCUT2D eigenvalue weighted by molar-refractivity contribution is 5.92. The third kappa shape index (κ3) is 6.81. The van der Waals surface area contributed by atoms with E-state index in [1.807, 2.05) is 0 Å². The monoisotopic (exact) mass is 387 g/mol. The van der Waals surface area contributed by atoms with Crippen LogP contribution in [-0.4, -0.2) is 49.9 Å². The number of halogens is 1. The van der Waals surface area contributed by atoms with Gasteiger partial charge in [0.15, 0.2) is 0 Å². The number of hydrogen-bond donors (Lipinski definition) is 2. The van der Waals surface area contributed by atoms with Crippen molar-refractivity contribution in [2.45, 2.75) is 6.54 Å². The van der Waals surface area contributed by atoms with Gasteiger partial charge in [-0.15, -0.1) is 0 Å². The Morgan fingerprint density at radius 2 is 1.57 bits per heavy atom. The van der Waals surface area contributed by atoms with Crippen LogP contribution in [0.2, 0.25) is 0 Å². The van der Waals surface area contributed by atoms with E-state index in [4.69, 9.17) is 0 Å². The molecule has 148 valence electrons. The maximum Gasteiger partial charge on any atom is 0.337 e. The summed E-state index contributed by atoms with van der Waals surface area (Å²) in [7, 11) is 2.96. The van der Waals surface area contributed by atoms with Gasteiger partial charge in [-0.1, -0.05) is 12.1 Å². The maximum absolute atomic E-state index is 12.9. The van der Waals surface area contributed by atoms with Gasteiger partial charge in [0.2, 0.25) is 11.8 Å². The number of amides is 2. The zero-order valence-electron chi connectivity index (χ0n) is 15.7. The molecule has 2 rings (SSSR count). The Kier molecular flexibility index (Phi) is 7.65. The molecule has 0 saturated carbocycles. The predicted octanol–water partition coefficient (Wildman–Crippen LogP) is 1.80. The number of esters is 1. The lowest BCUT2D eigenvalue weighted by molar-refractivity contribution is -0.123. The Hall–Kier alpha value is -3.26. The van der Waals surface area contributed by atoms with Crippen molar-refractivity contribution in [3.8, 4) is 0 Å². The van der Waals surface area contributed by atoms with Crippen molar-refractivity contribution in [3.05, 3.63) is 65.5 Å². The lowest BCUT2D eigenvalue weighted by Crippen LogP contribution is -2.38. The number of ether oxygens (including phenoxy) is 1. The highest BCUT2D eigenvalue weighted by Gasteiger charge is 2.11. The molecule has 8 heteroatoms. The van der Waals surface area contributed by atoms with Gasteiger partial charge in [0.05, 0.1) is 25.8 Å². The lowest BCUT2D eigenvalue weighted by atomic mass is 10.1. The quantitative estimate of drug-likeness (QED) is 0.675. The van der Waals surface area contributed by atoms with Crippen molar-refractivity contribution >= 4 is 23.5 Å². The van der Waals surface area contributed by atoms with Crippen LogP contribution < -0.4 is 10.6 Å². The number of likely N-dealkylation sites (N-methyl/N-ethyl adjacent to an activating group) is 1. The minimum atomic E-state index is -0.420. The number of nitrogens with zero attached hydrogens (tertiary/aromatic N) is 1. The molecule has 28 heavy (non-hydrogen) atoms. The molecule has 0 aromatic heterocycles. The SMILES string of the molecule is COC(=O)c1ccc(CNC(=O)CN(C)CC(=O)Nc2ccc(F)cc2)cc1. The first kappa shape index (κ1) is 21.0. The number of benzene rings is 2. The molecule has 2 aromatic rings. The Morgan fingerprint density at radius 3 is 2.18 bits per heavy atom. The Labute approximate surface area is 162 Å². The predicted molar refractivity (Wildman–Crippen MR) is 102 cm³/mol. The summed E-state index contributed by atoms with van der Waals surface area (Å²) < 4.78 is 17.5. The number of hydrogen-bond acceptors (Lipinski definition) is 5. The van der Waals surface area contributed by atoms with Gasteiger partial charge in [-0.3, -0.25) is 14.5 Å².